The van der Waals surface area contributed by atoms with Crippen molar-refractivity contribution < 1.29 is 4.74 Å². The third-order valence-corrected chi connectivity index (χ3v) is 3.47. The van der Waals surface area contributed by atoms with Gasteiger partial charge >= 0.3 is 0 Å². The third kappa shape index (κ3) is 2.48. The Hall–Kier alpha value is -2.40. The maximum atomic E-state index is 6.17. The molecule has 0 spiro atoms. The Morgan fingerprint density at radius 3 is 2.76 bits per heavy atom. The van der Waals surface area contributed by atoms with Crippen molar-refractivity contribution in [2.45, 2.75) is 13.8 Å². The van der Waals surface area contributed by atoms with Crippen LogP contribution in [0.25, 0.3) is 10.9 Å². The van der Waals surface area contributed by atoms with Crippen LogP contribution in [0.1, 0.15) is 11.4 Å². The molecule has 2 aromatic heterocycles. The van der Waals surface area contributed by atoms with E-state index in [1.165, 1.54) is 0 Å². The Kier molecular flexibility index (Phi) is 3.35. The average molecular weight is 301 g/mol. The third-order valence-electron chi connectivity index (χ3n) is 3.14. The fraction of sp³-hybridized carbons (Fsp3) is 0.133. The van der Waals surface area contributed by atoms with Crippen molar-refractivity contribution in [1.82, 2.24) is 15.0 Å². The van der Waals surface area contributed by atoms with Crippen molar-refractivity contribution in [1.29, 1.82) is 0 Å². The van der Waals surface area contributed by atoms with Crippen LogP contribution in [0.15, 0.2) is 30.5 Å². The minimum absolute atomic E-state index is 0.406. The van der Waals surface area contributed by atoms with Gasteiger partial charge in [0.25, 0.3) is 0 Å². The van der Waals surface area contributed by atoms with E-state index in [1.807, 2.05) is 19.1 Å². The molecule has 0 saturated carbocycles. The predicted molar refractivity (Wildman–Crippen MR) is 82.7 cm³/mol. The minimum atomic E-state index is 0.406. The zero-order chi connectivity index (χ0) is 15.0. The van der Waals surface area contributed by atoms with Gasteiger partial charge in [0.05, 0.1) is 10.6 Å². The number of halogens is 1. The summed E-state index contributed by atoms with van der Waals surface area (Å²) in [6.07, 6.45) is 1.69. The van der Waals surface area contributed by atoms with E-state index in [9.17, 15) is 0 Å². The van der Waals surface area contributed by atoms with E-state index in [2.05, 4.69) is 15.0 Å². The molecule has 5 nitrogen and oxygen atoms in total. The molecule has 0 unspecified atom stereocenters. The molecule has 0 aliphatic rings. The molecule has 21 heavy (non-hydrogen) atoms. The van der Waals surface area contributed by atoms with Gasteiger partial charge in [-0.25, -0.2) is 4.98 Å². The lowest BCUT2D eigenvalue weighted by atomic mass is 10.2. The summed E-state index contributed by atoms with van der Waals surface area (Å²) in [5.41, 5.74) is 7.22. The van der Waals surface area contributed by atoms with E-state index in [4.69, 9.17) is 22.1 Å². The molecule has 3 rings (SSSR count). The Labute approximate surface area is 126 Å². The van der Waals surface area contributed by atoms with Crippen LogP contribution in [0.5, 0.6) is 11.6 Å². The number of aromatic nitrogens is 3. The van der Waals surface area contributed by atoms with Crippen molar-refractivity contribution in [3.05, 3.63) is 46.9 Å². The van der Waals surface area contributed by atoms with Crippen molar-refractivity contribution >= 4 is 28.3 Å². The van der Waals surface area contributed by atoms with Crippen LogP contribution in [-0.4, -0.2) is 15.0 Å². The van der Waals surface area contributed by atoms with E-state index in [0.29, 0.717) is 39.4 Å². The fourth-order valence-electron chi connectivity index (χ4n) is 2.02. The standard InChI is InChI=1S/C15H13ClN4O/c1-8-14(17)19-9(2)20-15(8)21-12-6-5-11(16)10-4-3-7-18-13(10)12/h3-7H,1-2H3,(H2,17,19,20). The quantitative estimate of drug-likeness (QED) is 0.781. The molecule has 0 saturated heterocycles. The Bertz CT molecular complexity index is 835. The summed E-state index contributed by atoms with van der Waals surface area (Å²) in [5, 5.41) is 1.45. The molecule has 2 heterocycles. The highest BCUT2D eigenvalue weighted by Gasteiger charge is 2.12. The van der Waals surface area contributed by atoms with Gasteiger partial charge in [0.2, 0.25) is 5.88 Å². The van der Waals surface area contributed by atoms with E-state index in [0.717, 1.165) is 5.39 Å². The summed E-state index contributed by atoms with van der Waals surface area (Å²) >= 11 is 6.17. The molecular formula is C15H13ClN4O. The molecule has 2 N–H and O–H groups in total. The average Bonchev–Trinajstić information content (AvgIpc) is 2.47. The number of fused-ring (bicyclic) bond motifs is 1. The maximum absolute atomic E-state index is 6.17. The highest BCUT2D eigenvalue weighted by Crippen LogP contribution is 2.33. The number of nitrogens with zero attached hydrogens (tertiary/aromatic N) is 3. The van der Waals surface area contributed by atoms with E-state index in [-0.39, 0.29) is 0 Å². The van der Waals surface area contributed by atoms with Gasteiger partial charge in [-0.05, 0) is 38.1 Å². The van der Waals surface area contributed by atoms with Crippen molar-refractivity contribution in [3.8, 4) is 11.6 Å². The van der Waals surface area contributed by atoms with E-state index in [1.54, 1.807) is 25.3 Å². The monoisotopic (exact) mass is 300 g/mol. The number of anilines is 1. The summed E-state index contributed by atoms with van der Waals surface area (Å²) in [6.45, 7) is 3.58. The summed E-state index contributed by atoms with van der Waals surface area (Å²) in [5.74, 6) is 1.97. The number of pyridine rings is 1. The van der Waals surface area contributed by atoms with Gasteiger partial charge in [-0.1, -0.05) is 11.6 Å². The lowest BCUT2D eigenvalue weighted by Crippen LogP contribution is -2.02. The zero-order valence-electron chi connectivity index (χ0n) is 11.6. The van der Waals surface area contributed by atoms with Gasteiger partial charge in [0, 0.05) is 11.6 Å². The van der Waals surface area contributed by atoms with Gasteiger partial charge < -0.3 is 10.5 Å². The van der Waals surface area contributed by atoms with Crippen LogP contribution in [0.3, 0.4) is 0 Å². The Morgan fingerprint density at radius 2 is 1.95 bits per heavy atom. The SMILES string of the molecule is Cc1nc(N)c(C)c(Oc2ccc(Cl)c3cccnc23)n1. The van der Waals surface area contributed by atoms with Crippen LogP contribution in [0.2, 0.25) is 5.02 Å². The second kappa shape index (κ2) is 5.18. The smallest absolute Gasteiger partial charge is 0.227 e. The maximum Gasteiger partial charge on any atom is 0.227 e. The molecule has 106 valence electrons. The number of hydrogen-bond acceptors (Lipinski definition) is 5. The molecule has 0 aliphatic heterocycles. The summed E-state index contributed by atoms with van der Waals surface area (Å²) < 4.78 is 5.89. The number of hydrogen-bond donors (Lipinski definition) is 1. The van der Waals surface area contributed by atoms with Crippen molar-refractivity contribution in [2.24, 2.45) is 0 Å². The van der Waals surface area contributed by atoms with E-state index < -0.39 is 0 Å². The van der Waals surface area contributed by atoms with Gasteiger partial charge in [-0.3, -0.25) is 4.98 Å². The normalized spacial score (nSPS) is 10.8. The lowest BCUT2D eigenvalue weighted by molar-refractivity contribution is 0.460. The number of aryl methyl sites for hydroxylation is 1. The largest absolute Gasteiger partial charge is 0.436 e. The molecule has 0 fully saturated rings. The van der Waals surface area contributed by atoms with Crippen molar-refractivity contribution in [2.75, 3.05) is 5.73 Å². The second-order valence-corrected chi connectivity index (χ2v) is 5.04. The first-order chi connectivity index (χ1) is 10.1. The topological polar surface area (TPSA) is 73.9 Å². The summed E-state index contributed by atoms with van der Waals surface area (Å²) in [4.78, 5) is 12.7. The first-order valence-corrected chi connectivity index (χ1v) is 6.76. The molecule has 0 radical (unpaired) electrons. The van der Waals surface area contributed by atoms with Gasteiger partial charge in [-0.15, -0.1) is 0 Å². The van der Waals surface area contributed by atoms with Crippen LogP contribution < -0.4 is 10.5 Å². The Morgan fingerprint density at radius 1 is 1.14 bits per heavy atom. The molecule has 1 aromatic carbocycles. The number of rotatable bonds is 2. The lowest BCUT2D eigenvalue weighted by Gasteiger charge is -2.11. The molecular weight excluding hydrogens is 288 g/mol. The molecule has 0 bridgehead atoms. The second-order valence-electron chi connectivity index (χ2n) is 4.63. The van der Waals surface area contributed by atoms with Crippen LogP contribution >= 0.6 is 11.6 Å². The zero-order valence-corrected chi connectivity index (χ0v) is 12.3. The first kappa shape index (κ1) is 13.6. The number of ether oxygens (including phenoxy) is 1. The first-order valence-electron chi connectivity index (χ1n) is 6.38. The summed E-state index contributed by atoms with van der Waals surface area (Å²) in [6, 6.07) is 7.26. The molecule has 0 aliphatic carbocycles. The van der Waals surface area contributed by atoms with Gasteiger partial charge in [0.15, 0.2) is 5.75 Å². The molecule has 0 amide bonds. The number of nitrogens with two attached hydrogens (primary N) is 1. The summed E-state index contributed by atoms with van der Waals surface area (Å²) in [7, 11) is 0. The molecule has 3 aromatic rings. The number of nitrogen functional groups attached to an aromatic ring is 1. The fourth-order valence-corrected chi connectivity index (χ4v) is 2.24. The van der Waals surface area contributed by atoms with Crippen molar-refractivity contribution in [3.63, 3.8) is 0 Å². The molecule has 0 atom stereocenters. The van der Waals surface area contributed by atoms with Gasteiger partial charge in [-0.2, -0.15) is 4.98 Å². The minimum Gasteiger partial charge on any atom is -0.436 e. The van der Waals surface area contributed by atoms with Gasteiger partial charge in [0.1, 0.15) is 17.2 Å². The van der Waals surface area contributed by atoms with Crippen LogP contribution in [0.4, 0.5) is 5.82 Å². The highest BCUT2D eigenvalue weighted by atomic mass is 35.5. The Balaban J connectivity index is 2.13. The van der Waals surface area contributed by atoms with Crippen LogP contribution in [-0.2, 0) is 0 Å². The predicted octanol–water partition coefficient (Wildman–Crippen LogP) is 3.67. The molecule has 6 heteroatoms. The van der Waals surface area contributed by atoms with E-state index >= 15 is 0 Å². The van der Waals surface area contributed by atoms with Crippen LogP contribution in [0, 0.1) is 13.8 Å². The highest BCUT2D eigenvalue weighted by molar-refractivity contribution is 6.35. The number of benzene rings is 1.